The Bertz CT molecular complexity index is 877. The van der Waals surface area contributed by atoms with Crippen molar-refractivity contribution in [2.24, 2.45) is 5.92 Å². The minimum absolute atomic E-state index is 0.140. The van der Waals surface area contributed by atoms with Crippen molar-refractivity contribution in [1.29, 1.82) is 0 Å². The predicted molar refractivity (Wildman–Crippen MR) is 89.5 cm³/mol. The second-order valence-corrected chi connectivity index (χ2v) is 6.56. The summed E-state index contributed by atoms with van der Waals surface area (Å²) in [6.45, 7) is 3.05. The number of aromatic nitrogens is 5. The number of rotatable bonds is 4. The maximum Gasteiger partial charge on any atom is 0.213 e. The lowest BCUT2D eigenvalue weighted by Crippen LogP contribution is -2.66. The molecule has 0 aromatic carbocycles. The minimum Gasteiger partial charge on any atom is -0.477 e. The number of pyridine rings is 1. The van der Waals surface area contributed by atoms with Gasteiger partial charge >= 0.3 is 0 Å². The molecule has 5 heterocycles. The van der Waals surface area contributed by atoms with Crippen LogP contribution in [0.4, 0.5) is 5.82 Å². The Hall–Kier alpha value is -2.74. The molecule has 128 valence electrons. The summed E-state index contributed by atoms with van der Waals surface area (Å²) in [6.07, 6.45) is 4.37. The SMILES string of the molecule is c1ccc(OC[C@@H]2CCOC23CN(c2ccc4nncn4n2)C3)nc1. The van der Waals surface area contributed by atoms with Gasteiger partial charge in [-0.2, -0.15) is 4.52 Å². The van der Waals surface area contributed by atoms with Crippen molar-refractivity contribution < 1.29 is 9.47 Å². The highest BCUT2D eigenvalue weighted by Crippen LogP contribution is 2.41. The Balaban J connectivity index is 1.26. The molecule has 0 saturated carbocycles. The molecule has 25 heavy (non-hydrogen) atoms. The van der Waals surface area contributed by atoms with Crippen LogP contribution in [0.15, 0.2) is 42.9 Å². The van der Waals surface area contributed by atoms with Crippen molar-refractivity contribution in [2.75, 3.05) is 31.2 Å². The van der Waals surface area contributed by atoms with E-state index >= 15 is 0 Å². The number of nitrogens with zero attached hydrogens (tertiary/aromatic N) is 6. The van der Waals surface area contributed by atoms with Gasteiger partial charge in [0, 0.05) is 24.8 Å². The van der Waals surface area contributed by atoms with Crippen molar-refractivity contribution in [1.82, 2.24) is 24.8 Å². The minimum atomic E-state index is -0.140. The van der Waals surface area contributed by atoms with Crippen molar-refractivity contribution in [3.05, 3.63) is 42.9 Å². The van der Waals surface area contributed by atoms with Gasteiger partial charge in [0.1, 0.15) is 17.7 Å². The van der Waals surface area contributed by atoms with Gasteiger partial charge < -0.3 is 14.4 Å². The molecule has 1 atom stereocenters. The van der Waals surface area contributed by atoms with E-state index in [-0.39, 0.29) is 5.60 Å². The fourth-order valence-corrected chi connectivity index (χ4v) is 3.64. The zero-order valence-corrected chi connectivity index (χ0v) is 13.7. The number of ether oxygens (including phenoxy) is 2. The molecule has 0 radical (unpaired) electrons. The molecule has 8 nitrogen and oxygen atoms in total. The van der Waals surface area contributed by atoms with E-state index in [1.54, 1.807) is 17.0 Å². The lowest BCUT2D eigenvalue weighted by atomic mass is 9.81. The van der Waals surface area contributed by atoms with E-state index in [1.165, 1.54) is 0 Å². The Labute approximate surface area is 144 Å². The van der Waals surface area contributed by atoms with Gasteiger partial charge in [-0.05, 0) is 24.6 Å². The highest BCUT2D eigenvalue weighted by molar-refractivity contribution is 5.48. The third-order valence-electron chi connectivity index (χ3n) is 5.06. The molecular formula is C17H18N6O2. The van der Waals surface area contributed by atoms with Crippen molar-refractivity contribution in [2.45, 2.75) is 12.0 Å². The van der Waals surface area contributed by atoms with E-state index < -0.39 is 0 Å². The van der Waals surface area contributed by atoms with Crippen LogP contribution in [0.25, 0.3) is 5.65 Å². The van der Waals surface area contributed by atoms with Crippen molar-refractivity contribution >= 4 is 11.5 Å². The van der Waals surface area contributed by atoms with Gasteiger partial charge in [-0.15, -0.1) is 15.3 Å². The van der Waals surface area contributed by atoms with Gasteiger partial charge in [-0.1, -0.05) is 6.07 Å². The zero-order chi connectivity index (χ0) is 16.7. The van der Waals surface area contributed by atoms with Gasteiger partial charge in [0.05, 0.1) is 19.7 Å². The summed E-state index contributed by atoms with van der Waals surface area (Å²) in [5, 5.41) is 12.4. The molecule has 2 fully saturated rings. The van der Waals surface area contributed by atoms with Crippen LogP contribution in [-0.4, -0.2) is 56.7 Å². The average Bonchev–Trinajstić information content (AvgIpc) is 3.25. The zero-order valence-electron chi connectivity index (χ0n) is 13.7. The monoisotopic (exact) mass is 338 g/mol. The first kappa shape index (κ1) is 14.6. The first-order valence-electron chi connectivity index (χ1n) is 8.42. The van der Waals surface area contributed by atoms with Crippen LogP contribution in [-0.2, 0) is 4.74 Å². The molecule has 0 N–H and O–H groups in total. The molecule has 3 aromatic rings. The van der Waals surface area contributed by atoms with Crippen LogP contribution in [0.2, 0.25) is 0 Å². The number of anilines is 1. The molecule has 1 spiro atoms. The van der Waals surface area contributed by atoms with E-state index in [0.717, 1.165) is 37.6 Å². The van der Waals surface area contributed by atoms with Crippen LogP contribution in [0.1, 0.15) is 6.42 Å². The van der Waals surface area contributed by atoms with Gasteiger partial charge in [0.15, 0.2) is 5.65 Å². The first-order chi connectivity index (χ1) is 12.3. The van der Waals surface area contributed by atoms with Gasteiger partial charge in [0.25, 0.3) is 0 Å². The van der Waals surface area contributed by atoms with E-state index in [2.05, 4.69) is 25.2 Å². The topological polar surface area (TPSA) is 77.7 Å². The summed E-state index contributed by atoms with van der Waals surface area (Å²) in [4.78, 5) is 6.44. The maximum absolute atomic E-state index is 6.10. The molecule has 8 heteroatoms. The third kappa shape index (κ3) is 2.49. The lowest BCUT2D eigenvalue weighted by molar-refractivity contribution is -0.0529. The third-order valence-corrected chi connectivity index (χ3v) is 5.06. The quantitative estimate of drug-likeness (QED) is 0.707. The summed E-state index contributed by atoms with van der Waals surface area (Å²) < 4.78 is 13.7. The van der Waals surface area contributed by atoms with Gasteiger partial charge in [0.2, 0.25) is 5.88 Å². The molecular weight excluding hydrogens is 320 g/mol. The standard InChI is InChI=1S/C17H18N6O2/c1-2-7-18-16(3-1)24-9-13-6-8-25-17(13)10-22(11-17)15-5-4-14-20-19-12-23(14)21-15/h1-5,7,12-13H,6,8-11H2/t13-/m0/s1. The lowest BCUT2D eigenvalue weighted by Gasteiger charge is -2.50. The van der Waals surface area contributed by atoms with Gasteiger partial charge in [-0.3, -0.25) is 0 Å². The summed E-state index contributed by atoms with van der Waals surface area (Å²) in [5.74, 6) is 1.95. The van der Waals surface area contributed by atoms with Crippen LogP contribution in [0.3, 0.4) is 0 Å². The second kappa shape index (κ2) is 5.66. The van der Waals surface area contributed by atoms with E-state index in [0.29, 0.717) is 18.4 Å². The fraction of sp³-hybridized carbons (Fsp3) is 0.412. The van der Waals surface area contributed by atoms with Gasteiger partial charge in [-0.25, -0.2) is 4.98 Å². The van der Waals surface area contributed by atoms with Crippen LogP contribution < -0.4 is 9.64 Å². The first-order valence-corrected chi connectivity index (χ1v) is 8.42. The van der Waals surface area contributed by atoms with Crippen molar-refractivity contribution in [3.8, 4) is 5.88 Å². The van der Waals surface area contributed by atoms with Crippen LogP contribution >= 0.6 is 0 Å². The smallest absolute Gasteiger partial charge is 0.213 e. The molecule has 2 aliphatic rings. The Morgan fingerprint density at radius 2 is 2.20 bits per heavy atom. The normalized spacial score (nSPS) is 21.6. The van der Waals surface area contributed by atoms with Crippen LogP contribution in [0, 0.1) is 5.92 Å². The number of fused-ring (bicyclic) bond motifs is 1. The molecule has 3 aromatic heterocycles. The average molecular weight is 338 g/mol. The van der Waals surface area contributed by atoms with Crippen molar-refractivity contribution in [3.63, 3.8) is 0 Å². The molecule has 0 unspecified atom stereocenters. The molecule has 2 aliphatic heterocycles. The van der Waals surface area contributed by atoms with E-state index in [1.807, 2.05) is 30.3 Å². The summed E-state index contributed by atoms with van der Waals surface area (Å²) in [7, 11) is 0. The fourth-order valence-electron chi connectivity index (χ4n) is 3.64. The number of hydrogen-bond donors (Lipinski definition) is 0. The maximum atomic E-state index is 6.10. The Kier molecular flexibility index (Phi) is 3.30. The highest BCUT2D eigenvalue weighted by Gasteiger charge is 2.53. The molecule has 0 amide bonds. The predicted octanol–water partition coefficient (Wildman–Crippen LogP) is 1.19. The Morgan fingerprint density at radius 1 is 1.24 bits per heavy atom. The molecule has 2 saturated heterocycles. The number of hydrogen-bond acceptors (Lipinski definition) is 7. The Morgan fingerprint density at radius 3 is 3.08 bits per heavy atom. The molecule has 5 rings (SSSR count). The van der Waals surface area contributed by atoms with E-state index in [9.17, 15) is 0 Å². The largest absolute Gasteiger partial charge is 0.477 e. The second-order valence-electron chi connectivity index (χ2n) is 6.56. The van der Waals surface area contributed by atoms with E-state index in [4.69, 9.17) is 9.47 Å². The molecule has 0 aliphatic carbocycles. The highest BCUT2D eigenvalue weighted by atomic mass is 16.5. The molecule has 0 bridgehead atoms. The summed E-state index contributed by atoms with van der Waals surface area (Å²) in [5.41, 5.74) is 0.608. The van der Waals surface area contributed by atoms with Crippen LogP contribution in [0.5, 0.6) is 5.88 Å². The summed E-state index contributed by atoms with van der Waals surface area (Å²) >= 11 is 0. The summed E-state index contributed by atoms with van der Waals surface area (Å²) in [6, 6.07) is 9.61.